The highest BCUT2D eigenvalue weighted by molar-refractivity contribution is 7.13. The minimum Gasteiger partial charge on any atom is -0.494 e. The Kier molecular flexibility index (Phi) is 4.79. The van der Waals surface area contributed by atoms with Crippen LogP contribution in [0.5, 0.6) is 5.75 Å². The summed E-state index contributed by atoms with van der Waals surface area (Å²) in [6.45, 7) is 6.59. The molecule has 2 rings (SSSR count). The van der Waals surface area contributed by atoms with Gasteiger partial charge in [0.2, 0.25) is 0 Å². The average molecular weight is 289 g/mol. The van der Waals surface area contributed by atoms with E-state index < -0.39 is 0 Å². The van der Waals surface area contributed by atoms with E-state index in [0.29, 0.717) is 6.61 Å². The van der Waals surface area contributed by atoms with Gasteiger partial charge in [0.25, 0.3) is 5.91 Å². The van der Waals surface area contributed by atoms with E-state index in [9.17, 15) is 4.79 Å². The monoisotopic (exact) mass is 289 g/mol. The highest BCUT2D eigenvalue weighted by Crippen LogP contribution is 2.20. The van der Waals surface area contributed by atoms with Crippen LogP contribution in [0.25, 0.3) is 0 Å². The summed E-state index contributed by atoms with van der Waals surface area (Å²) in [5.74, 6) is 0.827. The highest BCUT2D eigenvalue weighted by atomic mass is 32.1. The van der Waals surface area contributed by atoms with E-state index in [4.69, 9.17) is 4.74 Å². The van der Waals surface area contributed by atoms with Crippen molar-refractivity contribution < 1.29 is 9.53 Å². The molecular formula is C16H19NO2S. The van der Waals surface area contributed by atoms with Crippen LogP contribution in [0.3, 0.4) is 0 Å². The van der Waals surface area contributed by atoms with Gasteiger partial charge in [-0.05, 0) is 50.6 Å². The van der Waals surface area contributed by atoms with E-state index in [1.165, 1.54) is 11.3 Å². The standard InChI is InChI=1S/C16H19NO2S/c1-4-19-14-8-6-13(7-9-14)12(3)17-16(18)15-10-5-11(2)20-15/h5-10,12H,4H2,1-3H3,(H,17,18). The number of nitrogens with one attached hydrogen (secondary N) is 1. The summed E-state index contributed by atoms with van der Waals surface area (Å²) in [4.78, 5) is 14.0. The molecule has 0 aliphatic carbocycles. The SMILES string of the molecule is CCOc1ccc(C(C)NC(=O)c2ccc(C)s2)cc1. The van der Waals surface area contributed by atoms with Gasteiger partial charge in [-0.25, -0.2) is 0 Å². The van der Waals surface area contributed by atoms with Crippen molar-refractivity contribution in [2.75, 3.05) is 6.61 Å². The summed E-state index contributed by atoms with van der Waals surface area (Å²) in [5, 5.41) is 3.01. The lowest BCUT2D eigenvalue weighted by Crippen LogP contribution is -2.25. The predicted molar refractivity (Wildman–Crippen MR) is 82.5 cm³/mol. The van der Waals surface area contributed by atoms with Crippen molar-refractivity contribution in [1.82, 2.24) is 5.32 Å². The Hall–Kier alpha value is -1.81. The van der Waals surface area contributed by atoms with Crippen LogP contribution < -0.4 is 10.1 Å². The molecule has 1 atom stereocenters. The van der Waals surface area contributed by atoms with Crippen molar-refractivity contribution in [2.45, 2.75) is 26.8 Å². The first kappa shape index (κ1) is 14.6. The molecule has 0 radical (unpaired) electrons. The second kappa shape index (κ2) is 6.57. The number of rotatable bonds is 5. The van der Waals surface area contributed by atoms with E-state index in [1.807, 2.05) is 57.2 Å². The summed E-state index contributed by atoms with van der Waals surface area (Å²) in [6, 6.07) is 11.6. The van der Waals surface area contributed by atoms with Crippen LogP contribution in [0.1, 0.15) is 40.0 Å². The van der Waals surface area contributed by atoms with Crippen molar-refractivity contribution in [1.29, 1.82) is 0 Å². The van der Waals surface area contributed by atoms with Crippen LogP contribution >= 0.6 is 11.3 Å². The maximum absolute atomic E-state index is 12.1. The molecule has 2 aromatic rings. The summed E-state index contributed by atoms with van der Waals surface area (Å²) in [5.41, 5.74) is 1.06. The Balaban J connectivity index is 2.00. The van der Waals surface area contributed by atoms with Crippen LogP contribution in [0, 0.1) is 6.92 Å². The second-order valence-electron chi connectivity index (χ2n) is 4.61. The lowest BCUT2D eigenvalue weighted by atomic mass is 10.1. The van der Waals surface area contributed by atoms with E-state index >= 15 is 0 Å². The summed E-state index contributed by atoms with van der Waals surface area (Å²) in [6.07, 6.45) is 0. The molecule has 1 unspecified atom stereocenters. The van der Waals surface area contributed by atoms with Crippen molar-refractivity contribution in [3.8, 4) is 5.75 Å². The smallest absolute Gasteiger partial charge is 0.261 e. The van der Waals surface area contributed by atoms with Crippen LogP contribution in [-0.2, 0) is 0 Å². The van der Waals surface area contributed by atoms with Crippen LogP contribution in [0.2, 0.25) is 0 Å². The van der Waals surface area contributed by atoms with Crippen LogP contribution in [-0.4, -0.2) is 12.5 Å². The molecule has 0 aliphatic rings. The maximum atomic E-state index is 12.1. The average Bonchev–Trinajstić information content (AvgIpc) is 2.86. The number of hydrogen-bond acceptors (Lipinski definition) is 3. The van der Waals surface area contributed by atoms with E-state index in [0.717, 1.165) is 21.1 Å². The molecule has 1 aromatic carbocycles. The molecule has 0 saturated heterocycles. The minimum absolute atomic E-state index is 0.0236. The Morgan fingerprint density at radius 3 is 2.50 bits per heavy atom. The number of amides is 1. The molecule has 4 heteroatoms. The first-order valence-electron chi connectivity index (χ1n) is 6.70. The first-order chi connectivity index (χ1) is 9.60. The third-order valence-corrected chi connectivity index (χ3v) is 4.00. The Bertz CT molecular complexity index is 574. The van der Waals surface area contributed by atoms with Crippen LogP contribution in [0.4, 0.5) is 0 Å². The maximum Gasteiger partial charge on any atom is 0.261 e. The van der Waals surface area contributed by atoms with Gasteiger partial charge in [-0.2, -0.15) is 0 Å². The van der Waals surface area contributed by atoms with Gasteiger partial charge in [0.1, 0.15) is 5.75 Å². The minimum atomic E-state index is -0.0272. The molecule has 0 saturated carbocycles. The molecule has 0 bridgehead atoms. The molecule has 1 amide bonds. The first-order valence-corrected chi connectivity index (χ1v) is 7.52. The molecule has 0 aliphatic heterocycles. The fourth-order valence-electron chi connectivity index (χ4n) is 1.93. The molecule has 20 heavy (non-hydrogen) atoms. The number of carbonyl (C=O) groups is 1. The number of thiophene rings is 1. The van der Waals surface area contributed by atoms with Crippen molar-refractivity contribution in [2.24, 2.45) is 0 Å². The zero-order valence-corrected chi connectivity index (χ0v) is 12.8. The fourth-order valence-corrected chi connectivity index (χ4v) is 2.70. The molecule has 1 N–H and O–H groups in total. The topological polar surface area (TPSA) is 38.3 Å². The Labute approximate surface area is 123 Å². The van der Waals surface area contributed by atoms with E-state index in [-0.39, 0.29) is 11.9 Å². The van der Waals surface area contributed by atoms with E-state index in [1.54, 1.807) is 0 Å². The fraction of sp³-hybridized carbons (Fsp3) is 0.312. The van der Waals surface area contributed by atoms with Crippen LogP contribution in [0.15, 0.2) is 36.4 Å². The molecule has 1 aromatic heterocycles. The third-order valence-electron chi connectivity index (χ3n) is 3.00. The van der Waals surface area contributed by atoms with Gasteiger partial charge < -0.3 is 10.1 Å². The zero-order valence-electron chi connectivity index (χ0n) is 12.0. The van der Waals surface area contributed by atoms with Gasteiger partial charge >= 0.3 is 0 Å². The number of ether oxygens (including phenoxy) is 1. The Morgan fingerprint density at radius 1 is 1.25 bits per heavy atom. The molecule has 0 spiro atoms. The molecule has 1 heterocycles. The van der Waals surface area contributed by atoms with Crippen molar-refractivity contribution in [3.05, 3.63) is 51.7 Å². The number of carbonyl (C=O) groups excluding carboxylic acids is 1. The number of hydrogen-bond donors (Lipinski definition) is 1. The van der Waals surface area contributed by atoms with Gasteiger partial charge in [0.15, 0.2) is 0 Å². The van der Waals surface area contributed by atoms with Crippen molar-refractivity contribution in [3.63, 3.8) is 0 Å². The number of aryl methyl sites for hydroxylation is 1. The van der Waals surface area contributed by atoms with Gasteiger partial charge in [-0.15, -0.1) is 11.3 Å². The third kappa shape index (κ3) is 3.61. The van der Waals surface area contributed by atoms with Gasteiger partial charge in [0, 0.05) is 4.88 Å². The van der Waals surface area contributed by atoms with Gasteiger partial charge in [-0.1, -0.05) is 12.1 Å². The number of benzene rings is 1. The predicted octanol–water partition coefficient (Wildman–Crippen LogP) is 3.95. The largest absolute Gasteiger partial charge is 0.494 e. The van der Waals surface area contributed by atoms with E-state index in [2.05, 4.69) is 5.32 Å². The molecule has 106 valence electrons. The highest BCUT2D eigenvalue weighted by Gasteiger charge is 2.12. The lowest BCUT2D eigenvalue weighted by Gasteiger charge is -2.14. The second-order valence-corrected chi connectivity index (χ2v) is 5.90. The zero-order chi connectivity index (χ0) is 14.5. The summed E-state index contributed by atoms with van der Waals surface area (Å²) >= 11 is 1.51. The normalized spacial score (nSPS) is 11.9. The molecular weight excluding hydrogens is 270 g/mol. The summed E-state index contributed by atoms with van der Waals surface area (Å²) < 4.78 is 5.41. The van der Waals surface area contributed by atoms with Crippen molar-refractivity contribution >= 4 is 17.2 Å². The molecule has 0 fully saturated rings. The molecule has 3 nitrogen and oxygen atoms in total. The Morgan fingerprint density at radius 2 is 1.95 bits per heavy atom. The van der Waals surface area contributed by atoms with Gasteiger partial charge in [0.05, 0.1) is 17.5 Å². The lowest BCUT2D eigenvalue weighted by molar-refractivity contribution is 0.0944. The van der Waals surface area contributed by atoms with Gasteiger partial charge in [-0.3, -0.25) is 4.79 Å². The quantitative estimate of drug-likeness (QED) is 0.905. The summed E-state index contributed by atoms with van der Waals surface area (Å²) in [7, 11) is 0.